The first kappa shape index (κ1) is 19.4. The molecule has 146 valence electrons. The third-order valence-corrected chi connectivity index (χ3v) is 5.97. The largest absolute Gasteiger partial charge is 0.497 e. The molecule has 9 heteroatoms. The molecule has 3 rings (SSSR count). The Morgan fingerprint density at radius 1 is 1.07 bits per heavy atom. The first-order valence-electron chi connectivity index (χ1n) is 8.75. The number of hydrogen-bond donors (Lipinski definition) is 1. The Bertz CT molecular complexity index is 963. The van der Waals surface area contributed by atoms with Crippen molar-refractivity contribution in [2.24, 2.45) is 0 Å². The summed E-state index contributed by atoms with van der Waals surface area (Å²) in [6, 6.07) is 6.03. The van der Waals surface area contributed by atoms with E-state index in [1.54, 1.807) is 12.1 Å². The molecule has 1 N–H and O–H groups in total. The van der Waals surface area contributed by atoms with Crippen LogP contribution < -0.4 is 19.8 Å². The van der Waals surface area contributed by atoms with E-state index in [1.165, 1.54) is 31.0 Å². The van der Waals surface area contributed by atoms with Gasteiger partial charge in [0, 0.05) is 30.8 Å². The molecule has 27 heavy (non-hydrogen) atoms. The Kier molecular flexibility index (Phi) is 5.81. The van der Waals surface area contributed by atoms with E-state index in [2.05, 4.69) is 9.82 Å². The molecule has 0 aliphatic heterocycles. The second kappa shape index (κ2) is 8.10. The molecule has 0 unspecified atom stereocenters. The average Bonchev–Trinajstić information content (AvgIpc) is 2.67. The van der Waals surface area contributed by atoms with Crippen LogP contribution in [0.2, 0.25) is 0 Å². The first-order chi connectivity index (χ1) is 12.9. The summed E-state index contributed by atoms with van der Waals surface area (Å²) in [5.41, 5.74) is 1.73. The Morgan fingerprint density at radius 3 is 2.41 bits per heavy atom. The van der Waals surface area contributed by atoms with Gasteiger partial charge in [0.25, 0.3) is 5.56 Å². The number of ether oxygens (including phenoxy) is 2. The lowest BCUT2D eigenvalue weighted by atomic mass is 9.97. The molecule has 0 saturated carbocycles. The lowest BCUT2D eigenvalue weighted by Gasteiger charge is -2.16. The summed E-state index contributed by atoms with van der Waals surface area (Å²) in [5.74, 6) is 0.754. The molecule has 1 aliphatic carbocycles. The molecule has 0 fully saturated rings. The topological polar surface area (TPSA) is 99.5 Å². The number of aryl methyl sites for hydroxylation is 2. The number of nitrogens with one attached hydrogen (secondary N) is 1. The van der Waals surface area contributed by atoms with Crippen LogP contribution in [0, 0.1) is 0 Å². The van der Waals surface area contributed by atoms with E-state index < -0.39 is 10.0 Å². The normalized spacial score (nSPS) is 13.9. The van der Waals surface area contributed by atoms with Crippen LogP contribution in [0.25, 0.3) is 0 Å². The summed E-state index contributed by atoms with van der Waals surface area (Å²) in [7, 11) is -0.877. The van der Waals surface area contributed by atoms with E-state index in [9.17, 15) is 13.2 Å². The number of methoxy groups -OCH3 is 2. The number of benzene rings is 1. The summed E-state index contributed by atoms with van der Waals surface area (Å²) in [5, 5.41) is 4.39. The van der Waals surface area contributed by atoms with Gasteiger partial charge in [-0.1, -0.05) is 0 Å². The Morgan fingerprint density at radius 2 is 1.74 bits per heavy atom. The van der Waals surface area contributed by atoms with E-state index in [1.807, 2.05) is 0 Å². The molecule has 1 aliphatic rings. The van der Waals surface area contributed by atoms with Gasteiger partial charge in [0.15, 0.2) is 0 Å². The number of sulfonamides is 1. The molecule has 1 aromatic carbocycles. The Labute approximate surface area is 158 Å². The molecule has 1 aromatic heterocycles. The summed E-state index contributed by atoms with van der Waals surface area (Å²) in [6.07, 6.45) is 3.86. The Hall–Kier alpha value is -2.39. The fraction of sp³-hybridized carbons (Fsp3) is 0.444. The van der Waals surface area contributed by atoms with Crippen molar-refractivity contribution in [3.8, 4) is 11.5 Å². The van der Waals surface area contributed by atoms with E-state index >= 15 is 0 Å². The van der Waals surface area contributed by atoms with Crippen molar-refractivity contribution in [2.75, 3.05) is 20.8 Å². The quantitative estimate of drug-likeness (QED) is 0.757. The zero-order valence-electron chi connectivity index (χ0n) is 15.4. The highest BCUT2D eigenvalue weighted by Crippen LogP contribution is 2.25. The van der Waals surface area contributed by atoms with Crippen LogP contribution in [0.3, 0.4) is 0 Å². The van der Waals surface area contributed by atoms with Crippen LogP contribution in [-0.4, -0.2) is 39.0 Å². The number of fused-ring (bicyclic) bond motifs is 1. The van der Waals surface area contributed by atoms with Crippen molar-refractivity contribution < 1.29 is 17.9 Å². The van der Waals surface area contributed by atoms with Crippen LogP contribution in [0.5, 0.6) is 11.5 Å². The maximum atomic E-state index is 12.5. The van der Waals surface area contributed by atoms with Crippen LogP contribution >= 0.6 is 0 Å². The molecule has 0 saturated heterocycles. The van der Waals surface area contributed by atoms with Gasteiger partial charge in [0.1, 0.15) is 11.5 Å². The van der Waals surface area contributed by atoms with Gasteiger partial charge in [0.05, 0.1) is 31.4 Å². The molecular weight excluding hydrogens is 370 g/mol. The SMILES string of the molecule is COc1cc(OC)cc(S(=O)(=O)NCCn2nc3c(cc2=O)CCCC3)c1. The number of nitrogens with zero attached hydrogens (tertiary/aromatic N) is 2. The number of hydrogen-bond acceptors (Lipinski definition) is 6. The zero-order valence-corrected chi connectivity index (χ0v) is 16.2. The summed E-state index contributed by atoms with van der Waals surface area (Å²) >= 11 is 0. The van der Waals surface area contributed by atoms with Crippen molar-refractivity contribution in [1.29, 1.82) is 0 Å². The van der Waals surface area contributed by atoms with Gasteiger partial charge in [-0.15, -0.1) is 0 Å². The minimum atomic E-state index is -3.78. The van der Waals surface area contributed by atoms with Gasteiger partial charge in [0.2, 0.25) is 10.0 Å². The predicted octanol–water partition coefficient (Wildman–Crippen LogP) is 1.12. The zero-order chi connectivity index (χ0) is 19.4. The molecular formula is C18H23N3O5S. The van der Waals surface area contributed by atoms with Crippen LogP contribution in [0.1, 0.15) is 24.1 Å². The van der Waals surface area contributed by atoms with Gasteiger partial charge in [-0.05, 0) is 31.2 Å². The predicted molar refractivity (Wildman–Crippen MR) is 99.9 cm³/mol. The molecule has 2 aromatic rings. The fourth-order valence-corrected chi connectivity index (χ4v) is 4.14. The fourth-order valence-electron chi connectivity index (χ4n) is 3.07. The van der Waals surface area contributed by atoms with Crippen molar-refractivity contribution in [3.63, 3.8) is 0 Å². The molecule has 8 nitrogen and oxygen atoms in total. The Balaban J connectivity index is 1.72. The summed E-state index contributed by atoms with van der Waals surface area (Å²) in [6.45, 7) is 0.208. The van der Waals surface area contributed by atoms with Crippen LogP contribution in [-0.2, 0) is 29.4 Å². The maximum Gasteiger partial charge on any atom is 0.267 e. The average molecular weight is 393 g/mol. The highest BCUT2D eigenvalue weighted by atomic mass is 32.2. The molecule has 0 spiro atoms. The van der Waals surface area contributed by atoms with Gasteiger partial charge < -0.3 is 9.47 Å². The molecule has 0 radical (unpaired) electrons. The van der Waals surface area contributed by atoms with Gasteiger partial charge in [-0.2, -0.15) is 5.10 Å². The second-order valence-electron chi connectivity index (χ2n) is 6.33. The number of rotatable bonds is 7. The van der Waals surface area contributed by atoms with E-state index in [0.717, 1.165) is 36.9 Å². The summed E-state index contributed by atoms with van der Waals surface area (Å²) < 4.78 is 39.1. The van der Waals surface area contributed by atoms with Crippen molar-refractivity contribution in [3.05, 3.63) is 45.9 Å². The standard InChI is InChI=1S/C18H23N3O5S/c1-25-14-10-15(26-2)12-16(11-14)27(23,24)19-7-8-21-18(22)9-13-5-3-4-6-17(13)20-21/h9-12,19H,3-8H2,1-2H3. The van der Waals surface area contributed by atoms with Crippen molar-refractivity contribution >= 4 is 10.0 Å². The molecule has 1 heterocycles. The highest BCUT2D eigenvalue weighted by Gasteiger charge is 2.17. The number of aromatic nitrogens is 2. The second-order valence-corrected chi connectivity index (χ2v) is 8.10. The molecule has 0 amide bonds. The first-order valence-corrected chi connectivity index (χ1v) is 10.2. The van der Waals surface area contributed by atoms with Gasteiger partial charge >= 0.3 is 0 Å². The van der Waals surface area contributed by atoms with Crippen molar-refractivity contribution in [2.45, 2.75) is 37.1 Å². The van der Waals surface area contributed by atoms with Gasteiger partial charge in [-0.25, -0.2) is 17.8 Å². The minimum Gasteiger partial charge on any atom is -0.497 e. The lowest BCUT2D eigenvalue weighted by molar-refractivity contribution is 0.392. The smallest absolute Gasteiger partial charge is 0.267 e. The lowest BCUT2D eigenvalue weighted by Crippen LogP contribution is -2.33. The van der Waals surface area contributed by atoms with E-state index in [0.29, 0.717) is 11.5 Å². The third-order valence-electron chi connectivity index (χ3n) is 4.52. The highest BCUT2D eigenvalue weighted by molar-refractivity contribution is 7.89. The van der Waals surface area contributed by atoms with E-state index in [4.69, 9.17) is 9.47 Å². The minimum absolute atomic E-state index is 0.0319. The van der Waals surface area contributed by atoms with Crippen LogP contribution in [0.15, 0.2) is 34.0 Å². The third kappa shape index (κ3) is 4.48. The maximum absolute atomic E-state index is 12.5. The molecule has 0 atom stereocenters. The molecule has 0 bridgehead atoms. The summed E-state index contributed by atoms with van der Waals surface area (Å²) in [4.78, 5) is 12.2. The van der Waals surface area contributed by atoms with Gasteiger partial charge in [-0.3, -0.25) is 4.79 Å². The van der Waals surface area contributed by atoms with Crippen molar-refractivity contribution in [1.82, 2.24) is 14.5 Å². The monoisotopic (exact) mass is 393 g/mol. The van der Waals surface area contributed by atoms with E-state index in [-0.39, 0.29) is 23.5 Å². The van der Waals surface area contributed by atoms with Crippen LogP contribution in [0.4, 0.5) is 0 Å².